The van der Waals surface area contributed by atoms with Gasteiger partial charge in [0.05, 0.1) is 10.0 Å². The highest BCUT2D eigenvalue weighted by molar-refractivity contribution is 9.10. The van der Waals surface area contributed by atoms with Crippen molar-refractivity contribution in [3.8, 4) is 11.5 Å². The summed E-state index contributed by atoms with van der Waals surface area (Å²) in [6, 6.07) is 12.2. The van der Waals surface area contributed by atoms with Crippen LogP contribution in [0.4, 0.5) is 0 Å². The van der Waals surface area contributed by atoms with Crippen molar-refractivity contribution in [2.45, 2.75) is 6.92 Å². The van der Waals surface area contributed by atoms with E-state index in [0.29, 0.717) is 11.5 Å². The number of carboxylic acid groups (broad SMARTS) is 1. The Morgan fingerprint density at radius 1 is 1.17 bits per heavy atom. The van der Waals surface area contributed by atoms with Gasteiger partial charge in [0.15, 0.2) is 0 Å². The molecule has 0 saturated carbocycles. The maximum atomic E-state index is 10.9. The zero-order valence-electron chi connectivity index (χ0n) is 9.68. The van der Waals surface area contributed by atoms with Gasteiger partial charge in [-0.3, -0.25) is 0 Å². The standard InChI is InChI=1S/C14H11BrO3/c1-9-6-7-10(14(16)17)8-13(9)18-12-5-3-2-4-11(12)15/h2-8H,1H3,(H,16,17). The van der Waals surface area contributed by atoms with Crippen LogP contribution < -0.4 is 4.74 Å². The summed E-state index contributed by atoms with van der Waals surface area (Å²) in [6.07, 6.45) is 0. The third-order valence-corrected chi connectivity index (χ3v) is 3.15. The van der Waals surface area contributed by atoms with Crippen molar-refractivity contribution in [1.82, 2.24) is 0 Å². The highest BCUT2D eigenvalue weighted by Crippen LogP contribution is 2.31. The van der Waals surface area contributed by atoms with E-state index >= 15 is 0 Å². The number of aryl methyl sites for hydroxylation is 1. The number of hydrogen-bond donors (Lipinski definition) is 1. The molecule has 0 aliphatic heterocycles. The highest BCUT2D eigenvalue weighted by Gasteiger charge is 2.09. The van der Waals surface area contributed by atoms with E-state index in [4.69, 9.17) is 9.84 Å². The van der Waals surface area contributed by atoms with Gasteiger partial charge in [0.1, 0.15) is 11.5 Å². The number of aromatic carboxylic acids is 1. The van der Waals surface area contributed by atoms with Gasteiger partial charge in [0.2, 0.25) is 0 Å². The monoisotopic (exact) mass is 306 g/mol. The van der Waals surface area contributed by atoms with Crippen LogP contribution in [0.5, 0.6) is 11.5 Å². The minimum Gasteiger partial charge on any atom is -0.478 e. The minimum absolute atomic E-state index is 0.211. The van der Waals surface area contributed by atoms with Crippen LogP contribution in [0.2, 0.25) is 0 Å². The Kier molecular flexibility index (Phi) is 3.67. The van der Waals surface area contributed by atoms with Crippen molar-refractivity contribution in [1.29, 1.82) is 0 Å². The quantitative estimate of drug-likeness (QED) is 0.922. The highest BCUT2D eigenvalue weighted by atomic mass is 79.9. The Balaban J connectivity index is 2.37. The smallest absolute Gasteiger partial charge is 0.335 e. The SMILES string of the molecule is Cc1ccc(C(=O)O)cc1Oc1ccccc1Br. The average Bonchev–Trinajstić information content (AvgIpc) is 2.34. The summed E-state index contributed by atoms with van der Waals surface area (Å²) >= 11 is 3.38. The molecule has 0 amide bonds. The predicted octanol–water partition coefficient (Wildman–Crippen LogP) is 4.25. The molecule has 92 valence electrons. The summed E-state index contributed by atoms with van der Waals surface area (Å²) in [6.45, 7) is 1.87. The van der Waals surface area contributed by atoms with Crippen LogP contribution in [-0.4, -0.2) is 11.1 Å². The summed E-state index contributed by atoms with van der Waals surface area (Å²) in [7, 11) is 0. The first-order valence-electron chi connectivity index (χ1n) is 5.34. The van der Waals surface area contributed by atoms with Crippen molar-refractivity contribution in [3.63, 3.8) is 0 Å². The first kappa shape index (κ1) is 12.6. The van der Waals surface area contributed by atoms with Crippen molar-refractivity contribution in [3.05, 3.63) is 58.1 Å². The van der Waals surface area contributed by atoms with Crippen LogP contribution in [0.1, 0.15) is 15.9 Å². The molecule has 2 rings (SSSR count). The van der Waals surface area contributed by atoms with Gasteiger partial charge in [0.25, 0.3) is 0 Å². The molecular weight excluding hydrogens is 296 g/mol. The fourth-order valence-electron chi connectivity index (χ4n) is 1.49. The van der Waals surface area contributed by atoms with E-state index in [2.05, 4.69) is 15.9 Å². The average molecular weight is 307 g/mol. The van der Waals surface area contributed by atoms with Gasteiger partial charge >= 0.3 is 5.97 Å². The fourth-order valence-corrected chi connectivity index (χ4v) is 1.85. The summed E-state index contributed by atoms with van der Waals surface area (Å²) < 4.78 is 6.54. The number of hydrogen-bond acceptors (Lipinski definition) is 2. The summed E-state index contributed by atoms with van der Waals surface area (Å²) in [5.74, 6) is 0.233. The Hall–Kier alpha value is -1.81. The van der Waals surface area contributed by atoms with Crippen molar-refractivity contribution < 1.29 is 14.6 Å². The molecule has 0 aromatic heterocycles. The van der Waals surface area contributed by atoms with E-state index in [1.807, 2.05) is 31.2 Å². The van der Waals surface area contributed by atoms with E-state index in [9.17, 15) is 4.79 Å². The second-order valence-corrected chi connectivity index (χ2v) is 4.67. The molecule has 0 heterocycles. The lowest BCUT2D eigenvalue weighted by Gasteiger charge is -2.10. The zero-order chi connectivity index (χ0) is 13.1. The molecule has 4 heteroatoms. The van der Waals surface area contributed by atoms with Crippen LogP contribution in [-0.2, 0) is 0 Å². The third kappa shape index (κ3) is 2.71. The molecular formula is C14H11BrO3. The van der Waals surface area contributed by atoms with Gasteiger partial charge in [-0.05, 0) is 52.7 Å². The molecule has 0 radical (unpaired) electrons. The Morgan fingerprint density at radius 3 is 2.56 bits per heavy atom. The van der Waals surface area contributed by atoms with Gasteiger partial charge in [-0.1, -0.05) is 18.2 Å². The topological polar surface area (TPSA) is 46.5 Å². The molecule has 0 saturated heterocycles. The summed E-state index contributed by atoms with van der Waals surface area (Å²) in [5, 5.41) is 8.96. The van der Waals surface area contributed by atoms with Crippen LogP contribution in [0.25, 0.3) is 0 Å². The molecule has 18 heavy (non-hydrogen) atoms. The molecule has 0 atom stereocenters. The molecule has 0 aliphatic carbocycles. The van der Waals surface area contributed by atoms with Gasteiger partial charge in [-0.15, -0.1) is 0 Å². The summed E-state index contributed by atoms with van der Waals surface area (Å²) in [5.41, 5.74) is 1.10. The zero-order valence-corrected chi connectivity index (χ0v) is 11.3. The number of carbonyl (C=O) groups is 1. The number of para-hydroxylation sites is 1. The van der Waals surface area contributed by atoms with Crippen LogP contribution in [0, 0.1) is 6.92 Å². The first-order chi connectivity index (χ1) is 8.58. The first-order valence-corrected chi connectivity index (χ1v) is 6.13. The molecule has 0 spiro atoms. The van der Waals surface area contributed by atoms with Crippen molar-refractivity contribution >= 4 is 21.9 Å². The second-order valence-electron chi connectivity index (χ2n) is 3.82. The van der Waals surface area contributed by atoms with E-state index in [1.165, 1.54) is 6.07 Å². The fraction of sp³-hybridized carbons (Fsp3) is 0.0714. The number of benzene rings is 2. The Labute approximate surface area is 113 Å². The molecule has 1 N–H and O–H groups in total. The molecule has 0 unspecified atom stereocenters. The third-order valence-electron chi connectivity index (χ3n) is 2.49. The largest absolute Gasteiger partial charge is 0.478 e. The van der Waals surface area contributed by atoms with Crippen molar-refractivity contribution in [2.24, 2.45) is 0 Å². The molecule has 3 nitrogen and oxygen atoms in total. The molecule has 0 aliphatic rings. The maximum absolute atomic E-state index is 10.9. The molecule has 0 bridgehead atoms. The normalized spacial score (nSPS) is 10.1. The van der Waals surface area contributed by atoms with E-state index in [-0.39, 0.29) is 5.56 Å². The van der Waals surface area contributed by atoms with Gasteiger partial charge in [-0.25, -0.2) is 4.79 Å². The van der Waals surface area contributed by atoms with Gasteiger partial charge in [0, 0.05) is 0 Å². The minimum atomic E-state index is -0.966. The van der Waals surface area contributed by atoms with Crippen LogP contribution in [0.15, 0.2) is 46.9 Å². The lowest BCUT2D eigenvalue weighted by Crippen LogP contribution is -1.97. The molecule has 0 fully saturated rings. The lowest BCUT2D eigenvalue weighted by atomic mass is 10.1. The number of carboxylic acids is 1. The molecule has 2 aromatic carbocycles. The Morgan fingerprint density at radius 2 is 1.89 bits per heavy atom. The molecule has 2 aromatic rings. The summed E-state index contributed by atoms with van der Waals surface area (Å²) in [4.78, 5) is 10.9. The number of halogens is 1. The van der Waals surface area contributed by atoms with Crippen LogP contribution in [0.3, 0.4) is 0 Å². The van der Waals surface area contributed by atoms with Gasteiger partial charge in [-0.2, -0.15) is 0 Å². The van der Waals surface area contributed by atoms with E-state index in [0.717, 1.165) is 10.0 Å². The predicted molar refractivity (Wildman–Crippen MR) is 72.4 cm³/mol. The number of ether oxygens (including phenoxy) is 1. The van der Waals surface area contributed by atoms with Crippen molar-refractivity contribution in [2.75, 3.05) is 0 Å². The van der Waals surface area contributed by atoms with E-state index in [1.54, 1.807) is 12.1 Å². The van der Waals surface area contributed by atoms with Crippen LogP contribution >= 0.6 is 15.9 Å². The lowest BCUT2D eigenvalue weighted by molar-refractivity contribution is 0.0696. The Bertz CT molecular complexity index is 593. The second kappa shape index (κ2) is 5.23. The van der Waals surface area contributed by atoms with Gasteiger partial charge < -0.3 is 9.84 Å². The number of rotatable bonds is 3. The maximum Gasteiger partial charge on any atom is 0.335 e. The van der Waals surface area contributed by atoms with E-state index < -0.39 is 5.97 Å².